The summed E-state index contributed by atoms with van der Waals surface area (Å²) < 4.78 is 49.8. The number of alkyl halides is 3. The van der Waals surface area contributed by atoms with Gasteiger partial charge in [0.15, 0.2) is 0 Å². The summed E-state index contributed by atoms with van der Waals surface area (Å²) in [5, 5.41) is 8.14. The normalized spacial score (nSPS) is 11.3. The fraction of sp³-hybridized carbons (Fsp3) is 0.0400. The predicted molar refractivity (Wildman–Crippen MR) is 134 cm³/mol. The number of hydrogen-bond donors (Lipinski definition) is 3. The van der Waals surface area contributed by atoms with Crippen LogP contribution in [0.2, 0.25) is 5.02 Å². The van der Waals surface area contributed by atoms with Crippen molar-refractivity contribution < 1.29 is 31.9 Å². The zero-order valence-corrected chi connectivity index (χ0v) is 19.9. The van der Waals surface area contributed by atoms with Crippen molar-refractivity contribution in [1.82, 2.24) is 10.4 Å². The molecule has 0 fully saturated rings. The van der Waals surface area contributed by atoms with Gasteiger partial charge in [0, 0.05) is 23.6 Å². The van der Waals surface area contributed by atoms with Gasteiger partial charge in [-0.3, -0.25) is 9.78 Å². The van der Waals surface area contributed by atoms with Crippen molar-refractivity contribution in [2.75, 3.05) is 10.6 Å². The van der Waals surface area contributed by atoms with Crippen molar-refractivity contribution in [3.63, 3.8) is 0 Å². The molecule has 0 unspecified atom stereocenters. The topological polar surface area (TPSA) is 118 Å². The summed E-state index contributed by atoms with van der Waals surface area (Å²) in [6.45, 7) is 0. The van der Waals surface area contributed by atoms with Crippen LogP contribution >= 0.6 is 11.6 Å². The Kier molecular flexibility index (Phi) is 7.92. The molecule has 0 aliphatic heterocycles. The smallest absolute Gasteiger partial charge is 0.417 e. The van der Waals surface area contributed by atoms with E-state index in [-0.39, 0.29) is 11.4 Å². The number of furan rings is 1. The molecule has 2 aromatic heterocycles. The molecule has 0 aliphatic carbocycles. The molecule has 9 nitrogen and oxygen atoms in total. The molecule has 0 aliphatic rings. The number of benzene rings is 2. The van der Waals surface area contributed by atoms with E-state index in [0.29, 0.717) is 22.9 Å². The highest BCUT2D eigenvalue weighted by Crippen LogP contribution is 2.36. The van der Waals surface area contributed by atoms with E-state index in [9.17, 15) is 22.8 Å². The Morgan fingerprint density at radius 3 is 2.42 bits per heavy atom. The van der Waals surface area contributed by atoms with E-state index < -0.39 is 28.7 Å². The van der Waals surface area contributed by atoms with Gasteiger partial charge in [-0.1, -0.05) is 11.6 Å². The number of amides is 3. The van der Waals surface area contributed by atoms with Crippen LogP contribution in [0.5, 0.6) is 11.5 Å². The summed E-state index contributed by atoms with van der Waals surface area (Å²) in [6, 6.07) is 14.7. The third kappa shape index (κ3) is 7.11. The maximum atomic E-state index is 13.0. The Hall–Kier alpha value is -4.84. The average Bonchev–Trinajstić information content (AvgIpc) is 3.39. The SMILES string of the molecule is O=C(Nc1ccc(Oc2ccnc(C(=O)N/N=C/c3ccco3)c2)cc1)Nc1ccc(Cl)c(C(F)(F)F)c1. The van der Waals surface area contributed by atoms with Crippen molar-refractivity contribution in [3.8, 4) is 11.5 Å². The van der Waals surface area contributed by atoms with Crippen LogP contribution in [0.15, 0.2) is 88.7 Å². The molecular formula is C25H17ClF3N5O4. The molecule has 0 bridgehead atoms. The van der Waals surface area contributed by atoms with Crippen molar-refractivity contribution in [2.45, 2.75) is 6.18 Å². The lowest BCUT2D eigenvalue weighted by molar-refractivity contribution is -0.137. The quantitative estimate of drug-likeness (QED) is 0.180. The summed E-state index contributed by atoms with van der Waals surface area (Å²) in [5.74, 6) is 0.608. The summed E-state index contributed by atoms with van der Waals surface area (Å²) in [5.41, 5.74) is 1.60. The van der Waals surface area contributed by atoms with E-state index in [1.54, 1.807) is 30.3 Å². The van der Waals surface area contributed by atoms with Crippen LogP contribution in [0.1, 0.15) is 21.8 Å². The molecule has 3 N–H and O–H groups in total. The van der Waals surface area contributed by atoms with Crippen molar-refractivity contribution in [1.29, 1.82) is 0 Å². The molecule has 4 rings (SSSR count). The van der Waals surface area contributed by atoms with Crippen LogP contribution in [0.4, 0.5) is 29.3 Å². The number of hydrazone groups is 1. The Labute approximate surface area is 218 Å². The highest BCUT2D eigenvalue weighted by Gasteiger charge is 2.33. The molecule has 0 spiro atoms. The molecule has 2 heterocycles. The van der Waals surface area contributed by atoms with E-state index in [4.69, 9.17) is 20.8 Å². The van der Waals surface area contributed by atoms with Gasteiger partial charge in [0.2, 0.25) is 0 Å². The largest absolute Gasteiger partial charge is 0.463 e. The van der Waals surface area contributed by atoms with Crippen molar-refractivity contribution in [3.05, 3.63) is 101 Å². The summed E-state index contributed by atoms with van der Waals surface area (Å²) >= 11 is 5.59. The van der Waals surface area contributed by atoms with Gasteiger partial charge < -0.3 is 19.8 Å². The Balaban J connectivity index is 1.33. The van der Waals surface area contributed by atoms with Gasteiger partial charge >= 0.3 is 12.2 Å². The minimum Gasteiger partial charge on any atom is -0.463 e. The van der Waals surface area contributed by atoms with Gasteiger partial charge in [-0.2, -0.15) is 18.3 Å². The first-order valence-corrected chi connectivity index (χ1v) is 11.1. The lowest BCUT2D eigenvalue weighted by atomic mass is 10.2. The molecule has 13 heteroatoms. The number of carbonyl (C=O) groups is 2. The Morgan fingerprint density at radius 1 is 0.974 bits per heavy atom. The van der Waals surface area contributed by atoms with Gasteiger partial charge in [-0.05, 0) is 60.7 Å². The van der Waals surface area contributed by atoms with E-state index in [0.717, 1.165) is 12.1 Å². The standard InChI is InChI=1S/C25H17ClF3N5O4/c26-21-8-5-16(12-20(21)25(27,28)29)33-24(36)32-15-3-6-17(7-4-15)38-18-9-10-30-22(13-18)23(35)34-31-14-19-2-1-11-37-19/h1-14H,(H,34,35)(H2,32,33,36)/b31-14+. The van der Waals surface area contributed by atoms with Crippen LogP contribution in [0.3, 0.4) is 0 Å². The van der Waals surface area contributed by atoms with Gasteiger partial charge in [0.25, 0.3) is 5.91 Å². The van der Waals surface area contributed by atoms with Gasteiger partial charge in [0.1, 0.15) is 23.0 Å². The number of urea groups is 1. The molecular weight excluding hydrogens is 527 g/mol. The van der Waals surface area contributed by atoms with E-state index in [1.165, 1.54) is 42.9 Å². The van der Waals surface area contributed by atoms with Crippen molar-refractivity contribution in [2.24, 2.45) is 5.10 Å². The number of nitrogens with one attached hydrogen (secondary N) is 3. The van der Waals surface area contributed by atoms with Crippen LogP contribution in [0, 0.1) is 0 Å². The first kappa shape index (κ1) is 26.2. The molecule has 0 saturated heterocycles. The van der Waals surface area contributed by atoms with Crippen LogP contribution in [0.25, 0.3) is 0 Å². The highest BCUT2D eigenvalue weighted by molar-refractivity contribution is 6.31. The fourth-order valence-electron chi connectivity index (χ4n) is 3.03. The summed E-state index contributed by atoms with van der Waals surface area (Å²) in [4.78, 5) is 28.5. The number of anilines is 2. The van der Waals surface area contributed by atoms with Crippen LogP contribution in [-0.2, 0) is 6.18 Å². The second kappa shape index (κ2) is 11.5. The number of aromatic nitrogens is 1. The fourth-order valence-corrected chi connectivity index (χ4v) is 3.26. The number of ether oxygens (including phenoxy) is 1. The molecule has 0 atom stereocenters. The number of nitrogens with zero attached hydrogens (tertiary/aromatic N) is 2. The first-order chi connectivity index (χ1) is 18.2. The maximum absolute atomic E-state index is 13.0. The third-order valence-electron chi connectivity index (χ3n) is 4.74. The van der Waals surface area contributed by atoms with E-state index in [1.807, 2.05) is 0 Å². The predicted octanol–water partition coefficient (Wildman–Crippen LogP) is 6.55. The minimum absolute atomic E-state index is 0.0601. The number of hydrogen-bond acceptors (Lipinski definition) is 6. The minimum atomic E-state index is -4.66. The zero-order valence-electron chi connectivity index (χ0n) is 19.1. The van der Waals surface area contributed by atoms with E-state index in [2.05, 4.69) is 26.1 Å². The lowest BCUT2D eigenvalue weighted by Crippen LogP contribution is -2.19. The number of rotatable bonds is 7. The second-order valence-corrected chi connectivity index (χ2v) is 7.90. The molecule has 0 radical (unpaired) electrons. The monoisotopic (exact) mass is 543 g/mol. The van der Waals surface area contributed by atoms with E-state index >= 15 is 0 Å². The highest BCUT2D eigenvalue weighted by atomic mass is 35.5. The average molecular weight is 544 g/mol. The lowest BCUT2D eigenvalue weighted by Gasteiger charge is -2.12. The van der Waals surface area contributed by atoms with Crippen LogP contribution in [-0.4, -0.2) is 23.1 Å². The number of pyridine rings is 1. The van der Waals surface area contributed by atoms with Crippen LogP contribution < -0.4 is 20.8 Å². The van der Waals surface area contributed by atoms with Gasteiger partial charge in [-0.15, -0.1) is 0 Å². The Morgan fingerprint density at radius 2 is 1.71 bits per heavy atom. The Bertz CT molecular complexity index is 1460. The second-order valence-electron chi connectivity index (χ2n) is 7.49. The molecule has 38 heavy (non-hydrogen) atoms. The summed E-state index contributed by atoms with van der Waals surface area (Å²) in [7, 11) is 0. The first-order valence-electron chi connectivity index (χ1n) is 10.7. The van der Waals surface area contributed by atoms with Gasteiger partial charge in [-0.25, -0.2) is 10.2 Å². The maximum Gasteiger partial charge on any atom is 0.417 e. The van der Waals surface area contributed by atoms with Gasteiger partial charge in [0.05, 0.1) is 23.1 Å². The molecule has 0 saturated carbocycles. The number of carbonyl (C=O) groups excluding carboxylic acids is 2. The molecule has 2 aromatic carbocycles. The zero-order chi connectivity index (χ0) is 27.1. The molecule has 194 valence electrons. The molecule has 3 amide bonds. The summed E-state index contributed by atoms with van der Waals surface area (Å²) in [6.07, 6.45) is -0.458. The molecule has 4 aromatic rings. The third-order valence-corrected chi connectivity index (χ3v) is 5.07. The number of halogens is 4. The van der Waals surface area contributed by atoms with Crippen molar-refractivity contribution >= 4 is 41.1 Å².